The van der Waals surface area contributed by atoms with E-state index in [4.69, 9.17) is 27.9 Å². The van der Waals surface area contributed by atoms with Crippen molar-refractivity contribution >= 4 is 23.2 Å². The summed E-state index contributed by atoms with van der Waals surface area (Å²) in [4.78, 5) is 2.34. The van der Waals surface area contributed by atoms with E-state index < -0.39 is 6.10 Å². The molecule has 0 amide bonds. The molecular formula is C15H19Cl2NO2. The first-order valence-electron chi connectivity index (χ1n) is 7.10. The molecule has 1 aliphatic heterocycles. The van der Waals surface area contributed by atoms with Gasteiger partial charge >= 0.3 is 0 Å². The van der Waals surface area contributed by atoms with Crippen molar-refractivity contribution in [3.05, 3.63) is 33.8 Å². The van der Waals surface area contributed by atoms with Crippen LogP contribution in [0.15, 0.2) is 18.2 Å². The third-order valence-electron chi connectivity index (χ3n) is 4.18. The van der Waals surface area contributed by atoms with Crippen LogP contribution in [0.1, 0.15) is 24.5 Å². The largest absolute Gasteiger partial charge is 0.387 e. The quantitative estimate of drug-likeness (QED) is 0.926. The van der Waals surface area contributed by atoms with Crippen LogP contribution >= 0.6 is 23.2 Å². The Morgan fingerprint density at radius 3 is 2.85 bits per heavy atom. The highest BCUT2D eigenvalue weighted by atomic mass is 35.5. The van der Waals surface area contributed by atoms with Gasteiger partial charge in [-0.05, 0) is 30.9 Å². The van der Waals surface area contributed by atoms with Crippen LogP contribution in [-0.2, 0) is 4.74 Å². The lowest BCUT2D eigenvalue weighted by Gasteiger charge is -2.37. The number of aliphatic hydroxyl groups is 1. The predicted octanol–water partition coefficient (Wildman–Crippen LogP) is 3.14. The Morgan fingerprint density at radius 2 is 2.15 bits per heavy atom. The van der Waals surface area contributed by atoms with Gasteiger partial charge in [0.1, 0.15) is 0 Å². The number of β-amino-alcohol motifs (C(OH)–C–C–N with tert-alkyl or cyclic N) is 1. The number of ether oxygens (including phenoxy) is 1. The Hall–Kier alpha value is -0.320. The monoisotopic (exact) mass is 315 g/mol. The second-order valence-corrected chi connectivity index (χ2v) is 6.50. The van der Waals surface area contributed by atoms with Crippen molar-refractivity contribution in [2.45, 2.75) is 25.0 Å². The van der Waals surface area contributed by atoms with Gasteiger partial charge in [0.15, 0.2) is 0 Å². The standard InChI is InChI=1S/C15H19Cl2NO2/c16-11-3-4-12(13(17)7-11)15(19)8-18-5-6-20-9-14(18)10-1-2-10/h3-4,7,10,14-15,19H,1-2,5-6,8-9H2. The summed E-state index contributed by atoms with van der Waals surface area (Å²) in [7, 11) is 0. The summed E-state index contributed by atoms with van der Waals surface area (Å²) in [6, 6.07) is 5.70. The van der Waals surface area contributed by atoms with Gasteiger partial charge in [0, 0.05) is 34.7 Å². The number of morpholine rings is 1. The summed E-state index contributed by atoms with van der Waals surface area (Å²) in [5, 5.41) is 11.6. The minimum Gasteiger partial charge on any atom is -0.387 e. The molecule has 0 spiro atoms. The van der Waals surface area contributed by atoms with E-state index in [-0.39, 0.29) is 0 Å². The van der Waals surface area contributed by atoms with Crippen molar-refractivity contribution in [2.75, 3.05) is 26.3 Å². The number of benzene rings is 1. The van der Waals surface area contributed by atoms with Gasteiger partial charge in [-0.2, -0.15) is 0 Å². The number of aliphatic hydroxyl groups excluding tert-OH is 1. The highest BCUT2D eigenvalue weighted by molar-refractivity contribution is 6.35. The molecule has 1 saturated heterocycles. The zero-order valence-electron chi connectivity index (χ0n) is 11.3. The predicted molar refractivity (Wildman–Crippen MR) is 80.3 cm³/mol. The molecule has 1 N–H and O–H groups in total. The number of halogens is 2. The Morgan fingerprint density at radius 1 is 1.35 bits per heavy atom. The van der Waals surface area contributed by atoms with Crippen molar-refractivity contribution < 1.29 is 9.84 Å². The molecule has 0 radical (unpaired) electrons. The van der Waals surface area contributed by atoms with Crippen LogP contribution in [0.4, 0.5) is 0 Å². The molecule has 0 aromatic heterocycles. The summed E-state index contributed by atoms with van der Waals surface area (Å²) in [6.45, 7) is 3.01. The average molecular weight is 316 g/mol. The summed E-state index contributed by atoms with van der Waals surface area (Å²) in [5.41, 5.74) is 0.747. The van der Waals surface area contributed by atoms with Gasteiger partial charge in [0.05, 0.1) is 19.3 Å². The third-order valence-corrected chi connectivity index (χ3v) is 4.74. The first-order chi connectivity index (χ1) is 9.65. The maximum atomic E-state index is 10.5. The molecule has 2 unspecified atom stereocenters. The summed E-state index contributed by atoms with van der Waals surface area (Å²) in [6.07, 6.45) is 1.98. The van der Waals surface area contributed by atoms with Crippen LogP contribution in [-0.4, -0.2) is 42.4 Å². The Balaban J connectivity index is 1.68. The topological polar surface area (TPSA) is 32.7 Å². The van der Waals surface area contributed by atoms with Gasteiger partial charge < -0.3 is 9.84 Å². The minimum absolute atomic E-state index is 0.449. The molecule has 20 heavy (non-hydrogen) atoms. The molecule has 1 saturated carbocycles. The number of rotatable bonds is 4. The highest BCUT2D eigenvalue weighted by Crippen LogP contribution is 2.37. The van der Waals surface area contributed by atoms with Crippen LogP contribution in [0.5, 0.6) is 0 Å². The molecule has 2 fully saturated rings. The Labute approximate surface area is 129 Å². The van der Waals surface area contributed by atoms with Gasteiger partial charge in [0.2, 0.25) is 0 Å². The minimum atomic E-state index is -0.584. The van der Waals surface area contributed by atoms with E-state index in [1.54, 1.807) is 12.1 Å². The molecule has 1 heterocycles. The van der Waals surface area contributed by atoms with E-state index in [0.717, 1.165) is 31.2 Å². The van der Waals surface area contributed by atoms with Crippen LogP contribution < -0.4 is 0 Å². The summed E-state index contributed by atoms with van der Waals surface area (Å²) < 4.78 is 5.57. The average Bonchev–Trinajstić information content (AvgIpc) is 3.23. The molecule has 3 rings (SSSR count). The van der Waals surface area contributed by atoms with E-state index >= 15 is 0 Å². The van der Waals surface area contributed by atoms with Crippen molar-refractivity contribution in [3.8, 4) is 0 Å². The lowest BCUT2D eigenvalue weighted by Crippen LogP contribution is -2.48. The summed E-state index contributed by atoms with van der Waals surface area (Å²) >= 11 is 12.1. The van der Waals surface area contributed by atoms with Gasteiger partial charge in [-0.25, -0.2) is 0 Å². The van der Waals surface area contributed by atoms with Crippen LogP contribution in [0.25, 0.3) is 0 Å². The van der Waals surface area contributed by atoms with E-state index in [2.05, 4.69) is 4.90 Å². The van der Waals surface area contributed by atoms with E-state index in [1.165, 1.54) is 12.8 Å². The third kappa shape index (κ3) is 3.29. The normalized spacial score (nSPS) is 25.6. The fourth-order valence-corrected chi connectivity index (χ4v) is 3.43. The van der Waals surface area contributed by atoms with Crippen LogP contribution in [0.3, 0.4) is 0 Å². The smallest absolute Gasteiger partial charge is 0.0931 e. The van der Waals surface area contributed by atoms with Gasteiger partial charge in [0.25, 0.3) is 0 Å². The maximum absolute atomic E-state index is 10.5. The van der Waals surface area contributed by atoms with Crippen molar-refractivity contribution in [1.82, 2.24) is 4.90 Å². The van der Waals surface area contributed by atoms with Gasteiger partial charge in [-0.1, -0.05) is 29.3 Å². The van der Waals surface area contributed by atoms with E-state index in [9.17, 15) is 5.11 Å². The van der Waals surface area contributed by atoms with E-state index in [1.807, 2.05) is 6.07 Å². The second-order valence-electron chi connectivity index (χ2n) is 5.66. The SMILES string of the molecule is OC(CN1CCOCC1C1CC1)c1ccc(Cl)cc1Cl. The molecule has 3 nitrogen and oxygen atoms in total. The lowest BCUT2D eigenvalue weighted by molar-refractivity contribution is -0.0340. The van der Waals surface area contributed by atoms with Crippen molar-refractivity contribution in [2.24, 2.45) is 5.92 Å². The number of hydrogen-bond acceptors (Lipinski definition) is 3. The molecule has 5 heteroatoms. The molecule has 2 atom stereocenters. The van der Waals surface area contributed by atoms with Gasteiger partial charge in [-0.15, -0.1) is 0 Å². The Kier molecular flexibility index (Phi) is 4.53. The highest BCUT2D eigenvalue weighted by Gasteiger charge is 2.37. The lowest BCUT2D eigenvalue weighted by atomic mass is 10.1. The molecule has 0 bridgehead atoms. The molecule has 1 aliphatic carbocycles. The van der Waals surface area contributed by atoms with Crippen molar-refractivity contribution in [3.63, 3.8) is 0 Å². The zero-order chi connectivity index (χ0) is 14.1. The first-order valence-corrected chi connectivity index (χ1v) is 7.85. The fraction of sp³-hybridized carbons (Fsp3) is 0.600. The zero-order valence-corrected chi connectivity index (χ0v) is 12.8. The molecule has 110 valence electrons. The molecule has 1 aromatic carbocycles. The van der Waals surface area contributed by atoms with Crippen LogP contribution in [0.2, 0.25) is 10.0 Å². The fourth-order valence-electron chi connectivity index (χ4n) is 2.89. The molecular weight excluding hydrogens is 297 g/mol. The van der Waals surface area contributed by atoms with Crippen molar-refractivity contribution in [1.29, 1.82) is 0 Å². The van der Waals surface area contributed by atoms with Gasteiger partial charge in [-0.3, -0.25) is 4.90 Å². The molecule has 1 aromatic rings. The number of hydrogen-bond donors (Lipinski definition) is 1. The Bertz CT molecular complexity index is 479. The van der Waals surface area contributed by atoms with Crippen LogP contribution in [0, 0.1) is 5.92 Å². The maximum Gasteiger partial charge on any atom is 0.0931 e. The number of nitrogens with zero attached hydrogens (tertiary/aromatic N) is 1. The summed E-state index contributed by atoms with van der Waals surface area (Å²) in [5.74, 6) is 0.739. The molecule has 2 aliphatic rings. The first kappa shape index (κ1) is 14.6. The van der Waals surface area contributed by atoms with E-state index in [0.29, 0.717) is 22.6 Å². The second kappa shape index (κ2) is 6.20.